The average molecular weight is 528 g/mol. The summed E-state index contributed by atoms with van der Waals surface area (Å²) in [5.74, 6) is 0.0424. The van der Waals surface area contributed by atoms with E-state index >= 15 is 0 Å². The third-order valence-electron chi connectivity index (χ3n) is 6.93. The Labute approximate surface area is 221 Å². The molecule has 3 aromatic rings. The summed E-state index contributed by atoms with van der Waals surface area (Å²) in [6, 6.07) is 31.3. The van der Waals surface area contributed by atoms with Crippen LogP contribution in [-0.2, 0) is 10.0 Å². The van der Waals surface area contributed by atoms with Crippen molar-refractivity contribution in [3.05, 3.63) is 91.0 Å². The molecule has 1 radical (unpaired) electrons. The van der Waals surface area contributed by atoms with E-state index in [4.69, 9.17) is 0 Å². The minimum absolute atomic E-state index is 0. The van der Waals surface area contributed by atoms with Crippen LogP contribution in [0.1, 0.15) is 40.5 Å². The second kappa shape index (κ2) is 11.9. The Balaban J connectivity index is 0.00000228. The quantitative estimate of drug-likeness (QED) is 0.477. The fourth-order valence-corrected chi connectivity index (χ4v) is 9.63. The SMILES string of the molecule is CC1(C)CC(NC(=O)C[P+](c2ccccc2)(c2ccccc2)c2ccccc2)CC(C)(C)N1[O].O.[Cl-]. The van der Waals surface area contributed by atoms with Gasteiger partial charge in [-0.25, -0.2) is 0 Å². The van der Waals surface area contributed by atoms with Gasteiger partial charge in [-0.1, -0.05) is 54.6 Å². The van der Waals surface area contributed by atoms with E-state index in [0.29, 0.717) is 19.0 Å². The molecule has 1 saturated heterocycles. The van der Waals surface area contributed by atoms with Gasteiger partial charge in [0.25, 0.3) is 5.91 Å². The largest absolute Gasteiger partial charge is 1.00 e. The first kappa shape index (κ1) is 30.0. The van der Waals surface area contributed by atoms with E-state index in [2.05, 4.69) is 78.1 Å². The van der Waals surface area contributed by atoms with Gasteiger partial charge in [-0.05, 0) is 76.9 Å². The standard InChI is InChI=1S/C29H34N2O2P.ClH.H2O/c1-28(2)20-23(21-29(3,4)31(28)33)30-27(32)22-34(24-14-8-5-9-15-24,25-16-10-6-11-17-25)26-18-12-7-13-19-26;;/h5-19,23H,20-22H2,1-4H3;1H;1H2. The highest BCUT2D eigenvalue weighted by Gasteiger charge is 2.49. The van der Waals surface area contributed by atoms with Gasteiger partial charge in [0.2, 0.25) is 0 Å². The van der Waals surface area contributed by atoms with E-state index in [1.807, 2.05) is 45.9 Å². The minimum atomic E-state index is -2.24. The van der Waals surface area contributed by atoms with Crippen LogP contribution in [0.25, 0.3) is 0 Å². The molecule has 4 rings (SSSR count). The van der Waals surface area contributed by atoms with Crippen molar-refractivity contribution in [3.8, 4) is 0 Å². The molecule has 0 aliphatic carbocycles. The van der Waals surface area contributed by atoms with Gasteiger partial charge >= 0.3 is 0 Å². The number of carbonyl (C=O) groups excluding carboxylic acids is 1. The lowest BCUT2D eigenvalue weighted by Gasteiger charge is -2.50. The van der Waals surface area contributed by atoms with Crippen molar-refractivity contribution in [2.45, 2.75) is 57.7 Å². The van der Waals surface area contributed by atoms with Crippen LogP contribution in [0, 0.1) is 0 Å². The van der Waals surface area contributed by atoms with Crippen LogP contribution in [0.4, 0.5) is 0 Å². The normalized spacial score (nSPS) is 17.4. The number of nitrogens with one attached hydrogen (secondary N) is 1. The number of amides is 1. The second-order valence-electron chi connectivity index (χ2n) is 10.6. The Bertz CT molecular complexity index is 996. The molecule has 5 nitrogen and oxygen atoms in total. The molecule has 1 aliphatic heterocycles. The number of hydroxylamine groups is 2. The zero-order valence-electron chi connectivity index (χ0n) is 21.4. The molecule has 0 spiro atoms. The van der Waals surface area contributed by atoms with Crippen molar-refractivity contribution in [2.24, 2.45) is 0 Å². The van der Waals surface area contributed by atoms with Crippen LogP contribution in [-0.4, -0.2) is 39.7 Å². The third kappa shape index (κ3) is 5.99. The molecule has 1 fully saturated rings. The van der Waals surface area contributed by atoms with Gasteiger partial charge in [-0.3, -0.25) is 4.79 Å². The van der Waals surface area contributed by atoms with Gasteiger partial charge in [-0.2, -0.15) is 0 Å². The Morgan fingerprint density at radius 3 is 1.44 bits per heavy atom. The molecule has 3 aromatic carbocycles. The van der Waals surface area contributed by atoms with E-state index in [1.54, 1.807) is 0 Å². The molecule has 1 aliphatic rings. The van der Waals surface area contributed by atoms with Gasteiger partial charge in [0.05, 0.1) is 0 Å². The van der Waals surface area contributed by atoms with Crippen LogP contribution < -0.4 is 33.6 Å². The lowest BCUT2D eigenvalue weighted by molar-refractivity contribution is -0.290. The summed E-state index contributed by atoms with van der Waals surface area (Å²) in [6.07, 6.45) is 1.67. The number of piperidine rings is 1. The fourth-order valence-electron chi connectivity index (χ4n) is 5.62. The van der Waals surface area contributed by atoms with Gasteiger partial charge in [0.1, 0.15) is 23.2 Å². The molecule has 3 N–H and O–H groups in total. The minimum Gasteiger partial charge on any atom is -1.00 e. The summed E-state index contributed by atoms with van der Waals surface area (Å²) in [4.78, 5) is 13.8. The first-order valence-electron chi connectivity index (χ1n) is 12.0. The fraction of sp³-hybridized carbons (Fsp3) is 0.345. The summed E-state index contributed by atoms with van der Waals surface area (Å²) < 4.78 is 0. The third-order valence-corrected chi connectivity index (χ3v) is 11.2. The van der Waals surface area contributed by atoms with Crippen molar-refractivity contribution in [1.82, 2.24) is 10.4 Å². The van der Waals surface area contributed by atoms with Crippen LogP contribution in [0.3, 0.4) is 0 Å². The molecule has 0 unspecified atom stereocenters. The number of hydrogen-bond acceptors (Lipinski definition) is 2. The smallest absolute Gasteiger partial charge is 0.259 e. The van der Waals surface area contributed by atoms with Crippen molar-refractivity contribution in [1.29, 1.82) is 0 Å². The van der Waals surface area contributed by atoms with Crippen LogP contribution in [0.5, 0.6) is 0 Å². The maximum atomic E-state index is 13.8. The molecular weight excluding hydrogens is 491 g/mol. The number of rotatable bonds is 6. The molecule has 0 bridgehead atoms. The van der Waals surface area contributed by atoms with Crippen molar-refractivity contribution in [2.75, 3.05) is 6.16 Å². The number of nitrogens with zero attached hydrogens (tertiary/aromatic N) is 1. The first-order valence-corrected chi connectivity index (χ1v) is 13.9. The number of benzene rings is 3. The molecule has 1 amide bonds. The zero-order chi connectivity index (χ0) is 24.4. The number of halogens is 1. The second-order valence-corrected chi connectivity index (χ2v) is 14.1. The summed E-state index contributed by atoms with van der Waals surface area (Å²) >= 11 is 0. The zero-order valence-corrected chi connectivity index (χ0v) is 23.1. The van der Waals surface area contributed by atoms with Gasteiger partial charge in [-0.15, -0.1) is 10.3 Å². The molecule has 36 heavy (non-hydrogen) atoms. The summed E-state index contributed by atoms with van der Waals surface area (Å²) in [6.45, 7) is 7.87. The monoisotopic (exact) mass is 527 g/mol. The molecule has 0 aromatic heterocycles. The maximum absolute atomic E-state index is 13.8. The van der Waals surface area contributed by atoms with E-state index < -0.39 is 18.3 Å². The Hall–Kier alpha value is -2.27. The Kier molecular flexibility index (Phi) is 9.86. The van der Waals surface area contributed by atoms with E-state index in [0.717, 1.165) is 0 Å². The predicted molar refractivity (Wildman–Crippen MR) is 145 cm³/mol. The van der Waals surface area contributed by atoms with Gasteiger partial charge < -0.3 is 23.2 Å². The number of hydrogen-bond donors (Lipinski definition) is 1. The van der Waals surface area contributed by atoms with Gasteiger partial charge in [0.15, 0.2) is 6.16 Å². The predicted octanol–water partition coefficient (Wildman–Crippen LogP) is 0.643. The van der Waals surface area contributed by atoms with Crippen LogP contribution in [0.15, 0.2) is 91.0 Å². The molecule has 1 heterocycles. The summed E-state index contributed by atoms with van der Waals surface area (Å²) in [7, 11) is -2.24. The summed E-state index contributed by atoms with van der Waals surface area (Å²) in [5.41, 5.74) is -1.05. The highest BCUT2D eigenvalue weighted by atomic mass is 35.5. The van der Waals surface area contributed by atoms with Crippen LogP contribution >= 0.6 is 7.26 Å². The molecule has 7 heteroatoms. The van der Waals surface area contributed by atoms with Crippen LogP contribution in [0.2, 0.25) is 0 Å². The Morgan fingerprint density at radius 1 is 0.778 bits per heavy atom. The van der Waals surface area contributed by atoms with E-state index in [-0.39, 0.29) is 29.8 Å². The molecule has 0 atom stereocenters. The number of carbonyl (C=O) groups is 1. The van der Waals surface area contributed by atoms with E-state index in [9.17, 15) is 10.0 Å². The van der Waals surface area contributed by atoms with Gasteiger partial charge in [0, 0.05) is 17.1 Å². The topological polar surface area (TPSA) is 83.7 Å². The highest BCUT2D eigenvalue weighted by Crippen LogP contribution is 2.55. The van der Waals surface area contributed by atoms with Crippen molar-refractivity contribution in [3.63, 3.8) is 0 Å². The average Bonchev–Trinajstić information content (AvgIpc) is 2.82. The lowest BCUT2D eigenvalue weighted by Crippen LogP contribution is -3.00. The lowest BCUT2D eigenvalue weighted by atomic mass is 9.79. The van der Waals surface area contributed by atoms with Crippen molar-refractivity contribution < 1.29 is 27.9 Å². The highest BCUT2D eigenvalue weighted by molar-refractivity contribution is 7.96. The Morgan fingerprint density at radius 2 is 1.11 bits per heavy atom. The molecule has 0 saturated carbocycles. The molecule has 193 valence electrons. The molecular formula is C29H37ClN2O3P. The maximum Gasteiger partial charge on any atom is 0.259 e. The van der Waals surface area contributed by atoms with Crippen molar-refractivity contribution >= 4 is 29.1 Å². The van der Waals surface area contributed by atoms with E-state index in [1.165, 1.54) is 21.0 Å². The first-order chi connectivity index (χ1) is 16.1. The summed E-state index contributed by atoms with van der Waals surface area (Å²) in [5, 5.41) is 20.9.